The summed E-state index contributed by atoms with van der Waals surface area (Å²) in [5.41, 5.74) is 1.84. The van der Waals surface area contributed by atoms with E-state index in [9.17, 15) is 13.2 Å². The van der Waals surface area contributed by atoms with Crippen LogP contribution < -0.4 is 10.1 Å². The summed E-state index contributed by atoms with van der Waals surface area (Å²) in [6.07, 6.45) is 2.09. The fourth-order valence-electron chi connectivity index (χ4n) is 3.55. The summed E-state index contributed by atoms with van der Waals surface area (Å²) in [7, 11) is -3.90. The van der Waals surface area contributed by atoms with E-state index in [-0.39, 0.29) is 29.9 Å². The molecule has 0 aliphatic carbocycles. The summed E-state index contributed by atoms with van der Waals surface area (Å²) < 4.78 is 38.7. The Labute approximate surface area is 181 Å². The molecule has 0 spiro atoms. The zero-order valence-corrected chi connectivity index (χ0v) is 18.0. The first-order chi connectivity index (χ1) is 14.9. The fourth-order valence-corrected chi connectivity index (χ4v) is 4.92. The van der Waals surface area contributed by atoms with Gasteiger partial charge in [0.05, 0.1) is 36.9 Å². The van der Waals surface area contributed by atoms with Crippen LogP contribution >= 0.6 is 0 Å². The molecular formula is C23H24N2O5S. The molecule has 0 bridgehead atoms. The predicted molar refractivity (Wildman–Crippen MR) is 115 cm³/mol. The van der Waals surface area contributed by atoms with Gasteiger partial charge in [-0.1, -0.05) is 35.9 Å². The zero-order chi connectivity index (χ0) is 21.8. The summed E-state index contributed by atoms with van der Waals surface area (Å²) in [6, 6.07) is 17.2. The lowest BCUT2D eigenvalue weighted by atomic mass is 10.0. The smallest absolute Gasteiger partial charge is 0.243 e. The number of carbonyl (C=O) groups excluding carboxylic acids is 1. The normalized spacial score (nSPS) is 15.9. The SMILES string of the molecule is Cc1ccc(S(=O)(=O)N(CC(=O)NC2CCOc3ccccc32)Cc2ccco2)cc1. The number of amides is 1. The molecular weight excluding hydrogens is 416 g/mol. The molecule has 1 aromatic heterocycles. The number of aryl methyl sites for hydroxylation is 1. The molecule has 8 heteroatoms. The summed E-state index contributed by atoms with van der Waals surface area (Å²) in [5.74, 6) is 0.808. The Morgan fingerprint density at radius 3 is 2.61 bits per heavy atom. The average Bonchev–Trinajstić information content (AvgIpc) is 3.27. The molecule has 3 aromatic rings. The Hall–Kier alpha value is -3.10. The molecule has 7 nitrogen and oxygen atoms in total. The minimum Gasteiger partial charge on any atom is -0.493 e. The van der Waals surface area contributed by atoms with Crippen molar-refractivity contribution in [3.63, 3.8) is 0 Å². The standard InChI is InChI=1S/C23H24N2O5S/c1-17-8-10-19(11-9-17)31(27,28)25(15-18-5-4-13-29-18)16-23(26)24-21-12-14-30-22-7-3-2-6-20(21)22/h2-11,13,21H,12,14-16H2,1H3,(H,24,26). The van der Waals surface area contributed by atoms with E-state index in [4.69, 9.17) is 9.15 Å². The van der Waals surface area contributed by atoms with Crippen LogP contribution in [0.5, 0.6) is 5.75 Å². The highest BCUT2D eigenvalue weighted by Crippen LogP contribution is 2.31. The molecule has 4 rings (SSSR count). The van der Waals surface area contributed by atoms with E-state index in [0.717, 1.165) is 21.2 Å². The second kappa shape index (κ2) is 8.95. The van der Waals surface area contributed by atoms with E-state index in [2.05, 4.69) is 5.32 Å². The third-order valence-corrected chi connectivity index (χ3v) is 6.99. The van der Waals surface area contributed by atoms with Gasteiger partial charge < -0.3 is 14.5 Å². The number of carbonyl (C=O) groups is 1. The van der Waals surface area contributed by atoms with Gasteiger partial charge in [0.2, 0.25) is 15.9 Å². The maximum absolute atomic E-state index is 13.3. The van der Waals surface area contributed by atoms with Gasteiger partial charge in [0.25, 0.3) is 0 Å². The highest BCUT2D eigenvalue weighted by Gasteiger charge is 2.29. The Balaban J connectivity index is 1.55. The molecule has 31 heavy (non-hydrogen) atoms. The highest BCUT2D eigenvalue weighted by atomic mass is 32.2. The first kappa shape index (κ1) is 21.1. The van der Waals surface area contributed by atoms with Gasteiger partial charge in [-0.2, -0.15) is 4.31 Å². The van der Waals surface area contributed by atoms with Crippen molar-refractivity contribution < 1.29 is 22.4 Å². The molecule has 2 heterocycles. The van der Waals surface area contributed by atoms with E-state index in [1.807, 2.05) is 31.2 Å². The lowest BCUT2D eigenvalue weighted by Gasteiger charge is -2.28. The van der Waals surface area contributed by atoms with E-state index in [1.165, 1.54) is 6.26 Å². The quantitative estimate of drug-likeness (QED) is 0.608. The molecule has 1 aliphatic rings. The minimum absolute atomic E-state index is 0.0407. The first-order valence-corrected chi connectivity index (χ1v) is 11.5. The van der Waals surface area contributed by atoms with Gasteiger partial charge in [-0.3, -0.25) is 4.79 Å². The Kier molecular flexibility index (Phi) is 6.11. The van der Waals surface area contributed by atoms with Gasteiger partial charge in [-0.25, -0.2) is 8.42 Å². The van der Waals surface area contributed by atoms with Crippen LogP contribution in [0, 0.1) is 6.92 Å². The van der Waals surface area contributed by atoms with Crippen LogP contribution in [0.3, 0.4) is 0 Å². The van der Waals surface area contributed by atoms with Crippen LogP contribution in [-0.2, 0) is 21.4 Å². The second-order valence-corrected chi connectivity index (χ2v) is 9.40. The summed E-state index contributed by atoms with van der Waals surface area (Å²) in [4.78, 5) is 13.0. The maximum atomic E-state index is 13.3. The number of nitrogens with one attached hydrogen (secondary N) is 1. The van der Waals surface area contributed by atoms with Gasteiger partial charge in [-0.15, -0.1) is 0 Å². The lowest BCUT2D eigenvalue weighted by molar-refractivity contribution is -0.122. The van der Waals surface area contributed by atoms with Crippen LogP contribution in [-0.4, -0.2) is 31.8 Å². The number of ether oxygens (including phenoxy) is 1. The minimum atomic E-state index is -3.90. The van der Waals surface area contributed by atoms with Crippen molar-refractivity contribution in [2.75, 3.05) is 13.2 Å². The number of fused-ring (bicyclic) bond motifs is 1. The summed E-state index contributed by atoms with van der Waals surface area (Å²) in [6.45, 7) is 2.01. The van der Waals surface area contributed by atoms with Gasteiger partial charge in [-0.05, 0) is 37.3 Å². The van der Waals surface area contributed by atoms with Crippen molar-refractivity contribution in [3.8, 4) is 5.75 Å². The van der Waals surface area contributed by atoms with Crippen molar-refractivity contribution in [1.29, 1.82) is 0 Å². The Morgan fingerprint density at radius 2 is 1.87 bits per heavy atom. The lowest BCUT2D eigenvalue weighted by Crippen LogP contribution is -2.42. The molecule has 0 saturated carbocycles. The Morgan fingerprint density at radius 1 is 1.10 bits per heavy atom. The molecule has 0 saturated heterocycles. The van der Waals surface area contributed by atoms with E-state index < -0.39 is 10.0 Å². The number of hydrogen-bond donors (Lipinski definition) is 1. The van der Waals surface area contributed by atoms with Crippen LogP contribution in [0.2, 0.25) is 0 Å². The average molecular weight is 441 g/mol. The largest absolute Gasteiger partial charge is 0.493 e. The number of furan rings is 1. The van der Waals surface area contributed by atoms with Crippen LogP contribution in [0.1, 0.15) is 29.3 Å². The van der Waals surface area contributed by atoms with Crippen molar-refractivity contribution in [2.24, 2.45) is 0 Å². The van der Waals surface area contributed by atoms with Gasteiger partial charge in [0.1, 0.15) is 11.5 Å². The molecule has 1 aliphatic heterocycles. The zero-order valence-electron chi connectivity index (χ0n) is 17.2. The monoisotopic (exact) mass is 440 g/mol. The third kappa shape index (κ3) is 4.81. The van der Waals surface area contributed by atoms with Crippen molar-refractivity contribution in [2.45, 2.75) is 30.8 Å². The number of sulfonamides is 1. The molecule has 1 N–H and O–H groups in total. The summed E-state index contributed by atoms with van der Waals surface area (Å²) in [5, 5.41) is 2.96. The Bertz CT molecular complexity index is 1140. The molecule has 2 aromatic carbocycles. The molecule has 0 fully saturated rings. The van der Waals surface area contributed by atoms with Crippen LogP contribution in [0.25, 0.3) is 0 Å². The van der Waals surface area contributed by atoms with Crippen molar-refractivity contribution >= 4 is 15.9 Å². The van der Waals surface area contributed by atoms with Crippen molar-refractivity contribution in [3.05, 3.63) is 83.8 Å². The highest BCUT2D eigenvalue weighted by molar-refractivity contribution is 7.89. The second-order valence-electron chi connectivity index (χ2n) is 7.46. The number of hydrogen-bond acceptors (Lipinski definition) is 5. The summed E-state index contributed by atoms with van der Waals surface area (Å²) >= 11 is 0. The third-order valence-electron chi connectivity index (χ3n) is 5.18. The van der Waals surface area contributed by atoms with Gasteiger partial charge in [0, 0.05) is 12.0 Å². The van der Waals surface area contributed by atoms with Gasteiger partial charge in [0.15, 0.2) is 0 Å². The molecule has 0 radical (unpaired) electrons. The fraction of sp³-hybridized carbons (Fsp3) is 0.261. The van der Waals surface area contributed by atoms with Crippen LogP contribution in [0.4, 0.5) is 0 Å². The van der Waals surface area contributed by atoms with E-state index >= 15 is 0 Å². The van der Waals surface area contributed by atoms with Gasteiger partial charge >= 0.3 is 0 Å². The number of rotatable bonds is 7. The van der Waals surface area contributed by atoms with Crippen molar-refractivity contribution in [1.82, 2.24) is 9.62 Å². The topological polar surface area (TPSA) is 88.9 Å². The number of benzene rings is 2. The predicted octanol–water partition coefficient (Wildman–Crippen LogP) is 3.42. The van der Waals surface area contributed by atoms with E-state index in [0.29, 0.717) is 18.8 Å². The molecule has 1 atom stereocenters. The molecule has 1 unspecified atom stereocenters. The maximum Gasteiger partial charge on any atom is 0.243 e. The number of para-hydroxylation sites is 1. The number of nitrogens with zero attached hydrogens (tertiary/aromatic N) is 1. The first-order valence-electron chi connectivity index (χ1n) is 10.0. The molecule has 162 valence electrons. The molecule has 1 amide bonds. The van der Waals surface area contributed by atoms with Crippen LogP contribution in [0.15, 0.2) is 76.2 Å². The van der Waals surface area contributed by atoms with E-state index in [1.54, 1.807) is 36.4 Å².